The van der Waals surface area contributed by atoms with Crippen molar-refractivity contribution in [3.05, 3.63) is 58.9 Å². The van der Waals surface area contributed by atoms with E-state index >= 15 is 0 Å². The SMILES string of the molecule is COc1cccc(C(=O)N2CCc3c(cncc3C(=O)O)C2)c1. The number of aromatic carboxylic acids is 1. The molecule has 1 aliphatic rings. The molecule has 23 heavy (non-hydrogen) atoms. The lowest BCUT2D eigenvalue weighted by atomic mass is 9.96. The molecule has 6 nitrogen and oxygen atoms in total. The summed E-state index contributed by atoms with van der Waals surface area (Å²) in [7, 11) is 1.56. The largest absolute Gasteiger partial charge is 0.497 e. The van der Waals surface area contributed by atoms with Crippen LogP contribution in [0.5, 0.6) is 5.75 Å². The van der Waals surface area contributed by atoms with Crippen LogP contribution < -0.4 is 4.74 Å². The van der Waals surface area contributed by atoms with Crippen LogP contribution >= 0.6 is 0 Å². The Labute approximate surface area is 133 Å². The highest BCUT2D eigenvalue weighted by Crippen LogP contribution is 2.23. The minimum atomic E-state index is -0.984. The fourth-order valence-electron chi connectivity index (χ4n) is 2.79. The van der Waals surface area contributed by atoms with Crippen molar-refractivity contribution in [2.24, 2.45) is 0 Å². The fraction of sp³-hybridized carbons (Fsp3) is 0.235. The second-order valence-corrected chi connectivity index (χ2v) is 5.34. The molecule has 1 aromatic heterocycles. The van der Waals surface area contributed by atoms with E-state index in [1.165, 1.54) is 6.20 Å². The fourth-order valence-corrected chi connectivity index (χ4v) is 2.79. The zero-order valence-corrected chi connectivity index (χ0v) is 12.7. The highest BCUT2D eigenvalue weighted by molar-refractivity contribution is 5.95. The summed E-state index contributed by atoms with van der Waals surface area (Å²) < 4.78 is 5.14. The van der Waals surface area contributed by atoms with Gasteiger partial charge in [-0.3, -0.25) is 9.78 Å². The molecule has 0 unspecified atom stereocenters. The van der Waals surface area contributed by atoms with Gasteiger partial charge in [0.05, 0.1) is 12.7 Å². The molecule has 1 aromatic carbocycles. The number of carbonyl (C=O) groups excluding carboxylic acids is 1. The summed E-state index contributed by atoms with van der Waals surface area (Å²) in [6.07, 6.45) is 3.50. The number of carboxylic acids is 1. The van der Waals surface area contributed by atoms with E-state index in [2.05, 4.69) is 4.98 Å². The van der Waals surface area contributed by atoms with E-state index in [4.69, 9.17) is 4.74 Å². The predicted molar refractivity (Wildman–Crippen MR) is 82.6 cm³/mol. The van der Waals surface area contributed by atoms with E-state index in [1.807, 2.05) is 0 Å². The monoisotopic (exact) mass is 312 g/mol. The molecule has 118 valence electrons. The molecule has 3 rings (SSSR count). The van der Waals surface area contributed by atoms with Crippen LogP contribution in [-0.4, -0.2) is 40.5 Å². The lowest BCUT2D eigenvalue weighted by Crippen LogP contribution is -2.36. The number of benzene rings is 1. The second kappa shape index (κ2) is 6.08. The number of fused-ring (bicyclic) bond motifs is 1. The van der Waals surface area contributed by atoms with E-state index in [1.54, 1.807) is 42.5 Å². The third-order valence-electron chi connectivity index (χ3n) is 3.97. The summed E-state index contributed by atoms with van der Waals surface area (Å²) in [6, 6.07) is 7.00. The number of hydrogen-bond donors (Lipinski definition) is 1. The third-order valence-corrected chi connectivity index (χ3v) is 3.97. The molecule has 0 fully saturated rings. The van der Waals surface area contributed by atoms with Crippen molar-refractivity contribution in [1.82, 2.24) is 9.88 Å². The summed E-state index contributed by atoms with van der Waals surface area (Å²) in [5.41, 5.74) is 2.32. The Kier molecular flexibility index (Phi) is 3.97. The smallest absolute Gasteiger partial charge is 0.337 e. The zero-order chi connectivity index (χ0) is 16.4. The Morgan fingerprint density at radius 2 is 2.13 bits per heavy atom. The second-order valence-electron chi connectivity index (χ2n) is 5.34. The lowest BCUT2D eigenvalue weighted by Gasteiger charge is -2.29. The van der Waals surface area contributed by atoms with Crippen molar-refractivity contribution in [2.45, 2.75) is 13.0 Å². The van der Waals surface area contributed by atoms with Gasteiger partial charge in [-0.05, 0) is 35.7 Å². The van der Waals surface area contributed by atoms with E-state index < -0.39 is 5.97 Å². The van der Waals surface area contributed by atoms with Gasteiger partial charge in [0.15, 0.2) is 0 Å². The van der Waals surface area contributed by atoms with Gasteiger partial charge in [-0.2, -0.15) is 0 Å². The van der Waals surface area contributed by atoms with Crippen LogP contribution in [-0.2, 0) is 13.0 Å². The Bertz CT molecular complexity index is 773. The summed E-state index contributed by atoms with van der Waals surface area (Å²) in [5.74, 6) is -0.458. The first-order valence-electron chi connectivity index (χ1n) is 7.22. The first kappa shape index (κ1) is 15.0. The number of methoxy groups -OCH3 is 1. The molecule has 0 saturated heterocycles. The van der Waals surface area contributed by atoms with Crippen LogP contribution in [0.3, 0.4) is 0 Å². The molecular weight excluding hydrogens is 296 g/mol. The van der Waals surface area contributed by atoms with Crippen LogP contribution in [0.25, 0.3) is 0 Å². The first-order valence-corrected chi connectivity index (χ1v) is 7.22. The van der Waals surface area contributed by atoms with Crippen LogP contribution in [0.2, 0.25) is 0 Å². The molecule has 6 heteroatoms. The summed E-state index contributed by atoms with van der Waals surface area (Å²) >= 11 is 0. The van der Waals surface area contributed by atoms with Crippen LogP contribution in [0.1, 0.15) is 31.8 Å². The van der Waals surface area contributed by atoms with Crippen molar-refractivity contribution < 1.29 is 19.4 Å². The zero-order valence-electron chi connectivity index (χ0n) is 12.7. The van der Waals surface area contributed by atoms with Gasteiger partial charge in [-0.25, -0.2) is 4.79 Å². The Balaban J connectivity index is 1.86. The van der Waals surface area contributed by atoms with E-state index in [-0.39, 0.29) is 11.5 Å². The number of aromatic nitrogens is 1. The minimum absolute atomic E-state index is 0.102. The Hall–Kier alpha value is -2.89. The van der Waals surface area contributed by atoms with Crippen molar-refractivity contribution in [3.63, 3.8) is 0 Å². The summed E-state index contributed by atoms with van der Waals surface area (Å²) in [5, 5.41) is 9.22. The Morgan fingerprint density at radius 1 is 1.30 bits per heavy atom. The lowest BCUT2D eigenvalue weighted by molar-refractivity contribution is 0.0693. The van der Waals surface area contributed by atoms with Gasteiger partial charge in [0.2, 0.25) is 0 Å². The van der Waals surface area contributed by atoms with Gasteiger partial charge in [0.25, 0.3) is 5.91 Å². The molecule has 0 aliphatic carbocycles. The van der Waals surface area contributed by atoms with E-state index in [0.29, 0.717) is 30.8 Å². The van der Waals surface area contributed by atoms with Crippen LogP contribution in [0, 0.1) is 0 Å². The van der Waals surface area contributed by atoms with Gasteiger partial charge < -0.3 is 14.7 Å². The van der Waals surface area contributed by atoms with Gasteiger partial charge >= 0.3 is 5.97 Å². The van der Waals surface area contributed by atoms with Gasteiger partial charge in [0.1, 0.15) is 5.75 Å². The predicted octanol–water partition coefficient (Wildman–Crippen LogP) is 1.99. The summed E-state index contributed by atoms with van der Waals surface area (Å²) in [4.78, 5) is 29.5. The van der Waals surface area contributed by atoms with Crippen LogP contribution in [0.4, 0.5) is 0 Å². The van der Waals surface area contributed by atoms with Gasteiger partial charge in [-0.15, -0.1) is 0 Å². The highest BCUT2D eigenvalue weighted by atomic mass is 16.5. The molecule has 0 radical (unpaired) electrons. The number of rotatable bonds is 3. The average Bonchev–Trinajstić information content (AvgIpc) is 2.60. The maximum atomic E-state index is 12.6. The first-order chi connectivity index (χ1) is 11.1. The maximum absolute atomic E-state index is 12.6. The molecule has 1 amide bonds. The van der Waals surface area contributed by atoms with Crippen molar-refractivity contribution >= 4 is 11.9 Å². The number of ether oxygens (including phenoxy) is 1. The number of carbonyl (C=O) groups is 2. The normalized spacial score (nSPS) is 13.3. The molecule has 1 aliphatic heterocycles. The molecule has 1 N–H and O–H groups in total. The molecule has 0 atom stereocenters. The third kappa shape index (κ3) is 2.88. The van der Waals surface area contributed by atoms with Gasteiger partial charge in [-0.1, -0.05) is 6.07 Å². The number of amides is 1. The van der Waals surface area contributed by atoms with Crippen molar-refractivity contribution in [1.29, 1.82) is 0 Å². The van der Waals surface area contributed by atoms with Crippen LogP contribution in [0.15, 0.2) is 36.7 Å². The molecule has 2 aromatic rings. The molecular formula is C17H16N2O4. The number of hydrogen-bond acceptors (Lipinski definition) is 4. The van der Waals surface area contributed by atoms with Crippen molar-refractivity contribution in [2.75, 3.05) is 13.7 Å². The Morgan fingerprint density at radius 3 is 2.87 bits per heavy atom. The quantitative estimate of drug-likeness (QED) is 0.937. The number of carboxylic acid groups (broad SMARTS) is 1. The van der Waals surface area contributed by atoms with Gasteiger partial charge in [0, 0.05) is 31.0 Å². The maximum Gasteiger partial charge on any atom is 0.337 e. The van der Waals surface area contributed by atoms with E-state index in [9.17, 15) is 14.7 Å². The highest BCUT2D eigenvalue weighted by Gasteiger charge is 2.25. The molecule has 0 spiro atoms. The molecule has 0 saturated carbocycles. The number of pyridine rings is 1. The van der Waals surface area contributed by atoms with E-state index in [0.717, 1.165) is 11.1 Å². The summed E-state index contributed by atoms with van der Waals surface area (Å²) in [6.45, 7) is 0.840. The molecule has 0 bridgehead atoms. The minimum Gasteiger partial charge on any atom is -0.497 e. The topological polar surface area (TPSA) is 79.7 Å². The standard InChI is InChI=1S/C17H16N2O4/c1-23-13-4-2-3-11(7-13)16(20)19-6-5-14-12(10-19)8-18-9-15(14)17(21)22/h2-4,7-9H,5-6,10H2,1H3,(H,21,22). The average molecular weight is 312 g/mol. The van der Waals surface area contributed by atoms with Crippen molar-refractivity contribution in [3.8, 4) is 5.75 Å². The molecule has 2 heterocycles. The number of nitrogens with zero attached hydrogens (tertiary/aromatic N) is 2.